The molecular formula is C15H15N3O2S. The van der Waals surface area contributed by atoms with Crippen molar-refractivity contribution in [1.29, 1.82) is 0 Å². The number of thiophene rings is 1. The molecule has 0 amide bonds. The van der Waals surface area contributed by atoms with Crippen molar-refractivity contribution >= 4 is 17.0 Å². The number of ether oxygens (including phenoxy) is 1. The number of anilines is 1. The van der Waals surface area contributed by atoms with Gasteiger partial charge < -0.3 is 15.0 Å². The molecule has 0 saturated carbocycles. The Balaban J connectivity index is 1.98. The van der Waals surface area contributed by atoms with Crippen LogP contribution < -0.4 is 10.5 Å². The summed E-state index contributed by atoms with van der Waals surface area (Å²) in [6.45, 7) is 3.93. The van der Waals surface area contributed by atoms with Gasteiger partial charge in [0.1, 0.15) is 10.6 Å². The Hall–Kier alpha value is -2.34. The average Bonchev–Trinajstić information content (AvgIpc) is 3.07. The molecule has 0 fully saturated rings. The van der Waals surface area contributed by atoms with Crippen molar-refractivity contribution in [3.8, 4) is 27.9 Å². The largest absolute Gasteiger partial charge is 0.496 e. The minimum atomic E-state index is 0.453. The molecule has 0 spiro atoms. The van der Waals surface area contributed by atoms with E-state index in [0.29, 0.717) is 17.4 Å². The Kier molecular flexibility index (Phi) is 3.39. The molecule has 108 valence electrons. The molecule has 2 heterocycles. The minimum absolute atomic E-state index is 0.453. The van der Waals surface area contributed by atoms with E-state index in [1.807, 2.05) is 37.4 Å². The summed E-state index contributed by atoms with van der Waals surface area (Å²) in [5.74, 6) is 1.83. The molecule has 0 atom stereocenters. The minimum Gasteiger partial charge on any atom is -0.496 e. The van der Waals surface area contributed by atoms with E-state index in [1.54, 1.807) is 7.11 Å². The van der Waals surface area contributed by atoms with E-state index in [1.165, 1.54) is 11.3 Å². The van der Waals surface area contributed by atoms with E-state index >= 15 is 0 Å². The van der Waals surface area contributed by atoms with Gasteiger partial charge in [-0.15, -0.1) is 11.3 Å². The summed E-state index contributed by atoms with van der Waals surface area (Å²) < 4.78 is 10.6. The highest BCUT2D eigenvalue weighted by molar-refractivity contribution is 7.14. The molecule has 2 aromatic heterocycles. The highest BCUT2D eigenvalue weighted by Gasteiger charge is 2.16. The van der Waals surface area contributed by atoms with Crippen molar-refractivity contribution in [3.63, 3.8) is 0 Å². The third kappa shape index (κ3) is 2.38. The maximum atomic E-state index is 6.01. The molecule has 3 aromatic rings. The van der Waals surface area contributed by atoms with Gasteiger partial charge in [-0.25, -0.2) is 0 Å². The summed E-state index contributed by atoms with van der Waals surface area (Å²) in [5.41, 5.74) is 9.63. The average molecular weight is 301 g/mol. The number of benzene rings is 1. The van der Waals surface area contributed by atoms with E-state index in [2.05, 4.69) is 10.1 Å². The van der Waals surface area contributed by atoms with Crippen LogP contribution in [0.5, 0.6) is 5.75 Å². The summed E-state index contributed by atoms with van der Waals surface area (Å²) in [5, 5.41) is 6.01. The summed E-state index contributed by atoms with van der Waals surface area (Å²) >= 11 is 1.51. The number of rotatable bonds is 3. The monoisotopic (exact) mass is 301 g/mol. The third-order valence-electron chi connectivity index (χ3n) is 3.30. The lowest BCUT2D eigenvalue weighted by atomic mass is 10.1. The van der Waals surface area contributed by atoms with E-state index in [4.69, 9.17) is 15.0 Å². The Morgan fingerprint density at radius 3 is 2.67 bits per heavy atom. The molecule has 0 radical (unpaired) electrons. The van der Waals surface area contributed by atoms with Crippen LogP contribution in [0.2, 0.25) is 0 Å². The number of nitrogen functional groups attached to an aromatic ring is 1. The van der Waals surface area contributed by atoms with Crippen LogP contribution in [0.1, 0.15) is 11.1 Å². The number of nitrogens with zero attached hydrogens (tertiary/aromatic N) is 2. The molecule has 6 heteroatoms. The highest BCUT2D eigenvalue weighted by atomic mass is 32.1. The molecule has 0 aliphatic carbocycles. The summed E-state index contributed by atoms with van der Waals surface area (Å²) in [4.78, 5) is 5.25. The first kappa shape index (κ1) is 13.6. The number of aromatic nitrogens is 2. The Labute approximate surface area is 126 Å². The fourth-order valence-electron chi connectivity index (χ4n) is 2.07. The van der Waals surface area contributed by atoms with Gasteiger partial charge in [-0.2, -0.15) is 4.98 Å². The van der Waals surface area contributed by atoms with Crippen molar-refractivity contribution < 1.29 is 9.26 Å². The normalized spacial score (nSPS) is 10.8. The van der Waals surface area contributed by atoms with Gasteiger partial charge in [0.25, 0.3) is 5.89 Å². The smallest absolute Gasteiger partial charge is 0.270 e. The van der Waals surface area contributed by atoms with Gasteiger partial charge in [-0.3, -0.25) is 0 Å². The molecule has 0 aliphatic rings. The standard InChI is InChI=1S/C15H15N3O2S/c1-8-6-10(4-5-11(8)19-3)14-17-15(20-18-14)13-12(16)9(2)7-21-13/h4-7H,16H2,1-3H3. The lowest BCUT2D eigenvalue weighted by Gasteiger charge is -2.04. The van der Waals surface area contributed by atoms with Crippen LogP contribution in [-0.2, 0) is 0 Å². The van der Waals surface area contributed by atoms with E-state index in [0.717, 1.165) is 27.3 Å². The van der Waals surface area contributed by atoms with Gasteiger partial charge in [0.15, 0.2) is 0 Å². The molecule has 21 heavy (non-hydrogen) atoms. The molecule has 3 rings (SSSR count). The van der Waals surface area contributed by atoms with Crippen LogP contribution in [-0.4, -0.2) is 17.3 Å². The summed E-state index contributed by atoms with van der Waals surface area (Å²) in [6.07, 6.45) is 0. The second kappa shape index (κ2) is 5.21. The van der Waals surface area contributed by atoms with Crippen LogP contribution in [0.4, 0.5) is 5.69 Å². The maximum absolute atomic E-state index is 6.01. The highest BCUT2D eigenvalue weighted by Crippen LogP contribution is 2.34. The van der Waals surface area contributed by atoms with Crippen molar-refractivity contribution in [3.05, 3.63) is 34.7 Å². The van der Waals surface area contributed by atoms with E-state index in [9.17, 15) is 0 Å². The number of hydrogen-bond donors (Lipinski definition) is 1. The second-order valence-electron chi connectivity index (χ2n) is 4.77. The predicted octanol–water partition coefficient (Wildman–Crippen LogP) is 3.67. The SMILES string of the molecule is COc1ccc(-c2noc(-c3scc(C)c3N)n2)cc1C. The predicted molar refractivity (Wildman–Crippen MR) is 83.5 cm³/mol. The fraction of sp³-hybridized carbons (Fsp3) is 0.200. The number of hydrogen-bond acceptors (Lipinski definition) is 6. The molecular weight excluding hydrogens is 286 g/mol. The van der Waals surface area contributed by atoms with Crippen molar-refractivity contribution in [2.45, 2.75) is 13.8 Å². The molecule has 0 saturated heterocycles. The van der Waals surface area contributed by atoms with Gasteiger partial charge in [-0.05, 0) is 48.6 Å². The van der Waals surface area contributed by atoms with Gasteiger partial charge >= 0.3 is 0 Å². The fourth-order valence-corrected chi connectivity index (χ4v) is 2.96. The molecule has 2 N–H and O–H groups in total. The van der Waals surface area contributed by atoms with Crippen LogP contribution in [0.25, 0.3) is 22.2 Å². The van der Waals surface area contributed by atoms with Gasteiger partial charge in [0.2, 0.25) is 5.82 Å². The van der Waals surface area contributed by atoms with Crippen LogP contribution in [0, 0.1) is 13.8 Å². The Morgan fingerprint density at radius 2 is 2.05 bits per heavy atom. The van der Waals surface area contributed by atoms with Crippen molar-refractivity contribution in [1.82, 2.24) is 10.1 Å². The number of nitrogens with two attached hydrogens (primary N) is 1. The van der Waals surface area contributed by atoms with Crippen LogP contribution >= 0.6 is 11.3 Å². The zero-order chi connectivity index (χ0) is 15.0. The Morgan fingerprint density at radius 1 is 1.24 bits per heavy atom. The lowest BCUT2D eigenvalue weighted by Crippen LogP contribution is -1.89. The van der Waals surface area contributed by atoms with Crippen molar-refractivity contribution in [2.24, 2.45) is 0 Å². The molecule has 1 aromatic carbocycles. The van der Waals surface area contributed by atoms with E-state index in [-0.39, 0.29) is 0 Å². The molecule has 0 bridgehead atoms. The summed E-state index contributed by atoms with van der Waals surface area (Å²) in [7, 11) is 1.65. The zero-order valence-electron chi connectivity index (χ0n) is 12.0. The topological polar surface area (TPSA) is 74.2 Å². The van der Waals surface area contributed by atoms with E-state index < -0.39 is 0 Å². The third-order valence-corrected chi connectivity index (χ3v) is 4.40. The van der Waals surface area contributed by atoms with Crippen molar-refractivity contribution in [2.75, 3.05) is 12.8 Å². The maximum Gasteiger partial charge on any atom is 0.270 e. The summed E-state index contributed by atoms with van der Waals surface area (Å²) in [6, 6.07) is 5.77. The lowest BCUT2D eigenvalue weighted by molar-refractivity contribution is 0.411. The molecule has 0 unspecified atom stereocenters. The van der Waals surface area contributed by atoms with Gasteiger partial charge in [0, 0.05) is 5.56 Å². The van der Waals surface area contributed by atoms with Gasteiger partial charge in [-0.1, -0.05) is 5.16 Å². The number of aryl methyl sites for hydroxylation is 2. The molecule has 0 aliphatic heterocycles. The Bertz CT molecular complexity index is 792. The first-order valence-electron chi connectivity index (χ1n) is 6.43. The molecule has 5 nitrogen and oxygen atoms in total. The number of methoxy groups -OCH3 is 1. The first-order chi connectivity index (χ1) is 10.1. The van der Waals surface area contributed by atoms with Crippen LogP contribution in [0.3, 0.4) is 0 Å². The second-order valence-corrected chi connectivity index (χ2v) is 5.65. The van der Waals surface area contributed by atoms with Crippen LogP contribution in [0.15, 0.2) is 28.1 Å². The van der Waals surface area contributed by atoms with Gasteiger partial charge in [0.05, 0.1) is 12.8 Å². The first-order valence-corrected chi connectivity index (χ1v) is 7.30. The quantitative estimate of drug-likeness (QED) is 0.799. The zero-order valence-corrected chi connectivity index (χ0v) is 12.8.